The molecule has 0 bridgehead atoms. The zero-order valence-corrected chi connectivity index (χ0v) is 18.0. The predicted octanol–water partition coefficient (Wildman–Crippen LogP) is 2.67. The van der Waals surface area contributed by atoms with Gasteiger partial charge in [-0.25, -0.2) is 14.2 Å². The van der Waals surface area contributed by atoms with Crippen LogP contribution in [-0.4, -0.2) is 49.6 Å². The standard InChI is InChI=1S/C22H22N6O3S/c23-21-20(32(29)30)12-15(13-25-21)14-1-6-18-19(11-14)28(22(24)26-18)17-4-2-16(3-5-17)27-7-9-31-10-8-27/h1-6,11-13H,7-10H2,(H2,23,25)(H2,24,26)(H,29,30). The summed E-state index contributed by atoms with van der Waals surface area (Å²) in [5.41, 5.74) is 17.1. The van der Waals surface area contributed by atoms with Gasteiger partial charge in [0.1, 0.15) is 10.7 Å². The number of morpholine rings is 1. The molecule has 2 aromatic carbocycles. The van der Waals surface area contributed by atoms with E-state index >= 15 is 0 Å². The first-order chi connectivity index (χ1) is 15.5. The minimum atomic E-state index is -2.22. The SMILES string of the molecule is Nc1ncc(-c2ccc3nc(N)n(-c4ccc(N5CCOCC5)cc4)c3c2)cc1S(=O)O. The van der Waals surface area contributed by atoms with Crippen molar-refractivity contribution in [2.24, 2.45) is 0 Å². The Hall–Kier alpha value is -3.47. The van der Waals surface area contributed by atoms with Crippen LogP contribution in [0.15, 0.2) is 59.6 Å². The van der Waals surface area contributed by atoms with Crippen molar-refractivity contribution in [3.05, 3.63) is 54.7 Å². The summed E-state index contributed by atoms with van der Waals surface area (Å²) >= 11 is -2.22. The highest BCUT2D eigenvalue weighted by Crippen LogP contribution is 2.30. The van der Waals surface area contributed by atoms with E-state index in [2.05, 4.69) is 27.0 Å². The number of nitrogens with zero attached hydrogens (tertiary/aromatic N) is 4. The Kier molecular flexibility index (Phi) is 5.25. The van der Waals surface area contributed by atoms with Crippen LogP contribution in [0.1, 0.15) is 0 Å². The van der Waals surface area contributed by atoms with Gasteiger partial charge in [0.2, 0.25) is 5.95 Å². The van der Waals surface area contributed by atoms with Crippen molar-refractivity contribution < 1.29 is 13.5 Å². The second kappa shape index (κ2) is 8.23. The molecule has 1 fully saturated rings. The number of hydrogen-bond acceptors (Lipinski definition) is 7. The fraction of sp³-hybridized carbons (Fsp3) is 0.182. The van der Waals surface area contributed by atoms with Gasteiger partial charge in [0.25, 0.3) is 0 Å². The Balaban J connectivity index is 1.55. The lowest BCUT2D eigenvalue weighted by molar-refractivity contribution is 0.122. The van der Waals surface area contributed by atoms with Gasteiger partial charge in [0, 0.05) is 36.2 Å². The lowest BCUT2D eigenvalue weighted by Gasteiger charge is -2.29. The largest absolute Gasteiger partial charge is 0.383 e. The molecule has 1 saturated heterocycles. The number of fused-ring (bicyclic) bond motifs is 1. The summed E-state index contributed by atoms with van der Waals surface area (Å²) in [6, 6.07) is 15.4. The molecule has 0 radical (unpaired) electrons. The normalized spacial score (nSPS) is 15.2. The number of ether oxygens (including phenoxy) is 1. The van der Waals surface area contributed by atoms with E-state index in [-0.39, 0.29) is 10.7 Å². The quantitative estimate of drug-likeness (QED) is 0.404. The zero-order valence-electron chi connectivity index (χ0n) is 17.1. The Bertz CT molecular complexity index is 1320. The smallest absolute Gasteiger partial charge is 0.205 e. The number of hydrogen-bond donors (Lipinski definition) is 3. The van der Waals surface area contributed by atoms with Gasteiger partial charge in [0.05, 0.1) is 24.2 Å². The van der Waals surface area contributed by atoms with E-state index in [4.69, 9.17) is 16.2 Å². The maximum absolute atomic E-state index is 11.6. The Morgan fingerprint density at radius 3 is 2.41 bits per heavy atom. The Labute approximate surface area is 186 Å². The molecule has 1 atom stereocenters. The summed E-state index contributed by atoms with van der Waals surface area (Å²) in [7, 11) is 0. The summed E-state index contributed by atoms with van der Waals surface area (Å²) in [6.45, 7) is 3.20. The minimum Gasteiger partial charge on any atom is -0.383 e. The fourth-order valence-corrected chi connectivity index (χ4v) is 4.39. The minimum absolute atomic E-state index is 0.0327. The highest BCUT2D eigenvalue weighted by Gasteiger charge is 2.15. The molecule has 5 rings (SSSR count). The molecule has 1 aliphatic heterocycles. The van der Waals surface area contributed by atoms with E-state index in [0.29, 0.717) is 11.5 Å². The van der Waals surface area contributed by atoms with E-state index in [0.717, 1.165) is 54.3 Å². The molecular formula is C22H22N6O3S. The van der Waals surface area contributed by atoms with Crippen LogP contribution in [0.5, 0.6) is 0 Å². The third-order valence-corrected chi connectivity index (χ3v) is 6.27. The van der Waals surface area contributed by atoms with E-state index in [1.807, 2.05) is 34.9 Å². The molecule has 0 amide bonds. The number of nitrogen functional groups attached to an aromatic ring is 2. The van der Waals surface area contributed by atoms with Crippen molar-refractivity contribution in [3.63, 3.8) is 0 Å². The number of imidazole rings is 1. The van der Waals surface area contributed by atoms with E-state index < -0.39 is 11.1 Å². The number of benzene rings is 2. The van der Waals surface area contributed by atoms with Gasteiger partial charge >= 0.3 is 0 Å². The Morgan fingerprint density at radius 2 is 1.69 bits per heavy atom. The second-order valence-electron chi connectivity index (χ2n) is 7.48. The van der Waals surface area contributed by atoms with Gasteiger partial charge in [-0.1, -0.05) is 6.07 Å². The number of aromatic nitrogens is 3. The summed E-state index contributed by atoms with van der Waals surface area (Å²) < 4.78 is 28.3. The molecule has 5 N–H and O–H groups in total. The van der Waals surface area contributed by atoms with Gasteiger partial charge in [0.15, 0.2) is 11.1 Å². The topological polar surface area (TPSA) is 133 Å². The highest BCUT2D eigenvalue weighted by atomic mass is 32.2. The molecule has 1 aliphatic rings. The third kappa shape index (κ3) is 3.68. The first-order valence-corrected chi connectivity index (χ1v) is 11.2. The zero-order chi connectivity index (χ0) is 22.2. The van der Waals surface area contributed by atoms with Crippen molar-refractivity contribution >= 4 is 39.6 Å². The van der Waals surface area contributed by atoms with Crippen LogP contribution in [0.2, 0.25) is 0 Å². The maximum Gasteiger partial charge on any atom is 0.205 e. The first-order valence-electron chi connectivity index (χ1n) is 10.1. The molecule has 32 heavy (non-hydrogen) atoms. The van der Waals surface area contributed by atoms with Gasteiger partial charge in [-0.05, 0) is 48.0 Å². The van der Waals surface area contributed by atoms with E-state index in [1.165, 1.54) is 0 Å². The molecule has 3 heterocycles. The molecule has 0 aliphatic carbocycles. The van der Waals surface area contributed by atoms with Crippen molar-refractivity contribution in [1.82, 2.24) is 14.5 Å². The molecule has 4 aromatic rings. The fourth-order valence-electron chi connectivity index (χ4n) is 3.93. The molecule has 0 saturated carbocycles. The number of rotatable bonds is 4. The second-order valence-corrected chi connectivity index (χ2v) is 8.42. The lowest BCUT2D eigenvalue weighted by Crippen LogP contribution is -2.36. The van der Waals surface area contributed by atoms with Crippen LogP contribution in [0, 0.1) is 0 Å². The van der Waals surface area contributed by atoms with E-state index in [9.17, 15) is 8.76 Å². The monoisotopic (exact) mass is 450 g/mol. The van der Waals surface area contributed by atoms with Crippen LogP contribution in [0.25, 0.3) is 27.8 Å². The van der Waals surface area contributed by atoms with Gasteiger partial charge in [-0.2, -0.15) is 0 Å². The summed E-state index contributed by atoms with van der Waals surface area (Å²) in [4.78, 5) is 10.9. The van der Waals surface area contributed by atoms with Gasteiger partial charge in [-0.15, -0.1) is 0 Å². The van der Waals surface area contributed by atoms with Crippen LogP contribution < -0.4 is 16.4 Å². The molecular weight excluding hydrogens is 428 g/mol. The van der Waals surface area contributed by atoms with Crippen molar-refractivity contribution in [2.45, 2.75) is 4.90 Å². The predicted molar refractivity (Wildman–Crippen MR) is 125 cm³/mol. The third-order valence-electron chi connectivity index (χ3n) is 5.57. The molecule has 10 heteroatoms. The molecule has 164 valence electrons. The summed E-state index contributed by atoms with van der Waals surface area (Å²) in [5, 5.41) is 0. The molecule has 0 spiro atoms. The van der Waals surface area contributed by atoms with Crippen molar-refractivity contribution in [2.75, 3.05) is 42.7 Å². The first kappa shape index (κ1) is 20.4. The molecule has 9 nitrogen and oxygen atoms in total. The van der Waals surface area contributed by atoms with Crippen molar-refractivity contribution in [3.8, 4) is 16.8 Å². The van der Waals surface area contributed by atoms with Gasteiger partial charge < -0.3 is 25.7 Å². The Morgan fingerprint density at radius 1 is 0.969 bits per heavy atom. The van der Waals surface area contributed by atoms with Crippen LogP contribution in [0.3, 0.4) is 0 Å². The van der Waals surface area contributed by atoms with Crippen LogP contribution >= 0.6 is 0 Å². The number of pyridine rings is 1. The summed E-state index contributed by atoms with van der Waals surface area (Å²) in [6.07, 6.45) is 1.58. The lowest BCUT2D eigenvalue weighted by atomic mass is 10.1. The average molecular weight is 451 g/mol. The van der Waals surface area contributed by atoms with Crippen molar-refractivity contribution in [1.29, 1.82) is 0 Å². The summed E-state index contributed by atoms with van der Waals surface area (Å²) in [5.74, 6) is 0.411. The average Bonchev–Trinajstić information content (AvgIpc) is 3.14. The molecule has 1 unspecified atom stereocenters. The van der Waals surface area contributed by atoms with Crippen LogP contribution in [0.4, 0.5) is 17.5 Å². The van der Waals surface area contributed by atoms with Crippen LogP contribution in [-0.2, 0) is 15.8 Å². The highest BCUT2D eigenvalue weighted by molar-refractivity contribution is 7.79. The van der Waals surface area contributed by atoms with Gasteiger partial charge in [-0.3, -0.25) is 4.57 Å². The molecule has 2 aromatic heterocycles. The number of anilines is 3. The number of nitrogens with two attached hydrogens (primary N) is 2. The van der Waals surface area contributed by atoms with E-state index in [1.54, 1.807) is 12.3 Å². The maximum atomic E-state index is 11.6.